The topological polar surface area (TPSA) is 75.4 Å². The average molecular weight is 300 g/mol. The first-order valence-corrected chi connectivity index (χ1v) is 7.69. The van der Waals surface area contributed by atoms with Crippen LogP contribution >= 0.6 is 0 Å². The van der Waals surface area contributed by atoms with Crippen molar-refractivity contribution in [3.63, 3.8) is 0 Å². The molecule has 3 rings (SSSR count). The minimum atomic E-state index is -0.867. The number of nitrogens with zero attached hydrogens (tertiary/aromatic N) is 1. The van der Waals surface area contributed by atoms with Gasteiger partial charge in [0, 0.05) is 11.6 Å². The molecule has 1 fully saturated rings. The number of anilines is 1. The minimum absolute atomic E-state index is 0.112. The average Bonchev–Trinajstić information content (AvgIpc) is 2.96. The summed E-state index contributed by atoms with van der Waals surface area (Å²) < 4.78 is 5.24. The number of hydrogen-bond donors (Lipinski definition) is 2. The quantitative estimate of drug-likeness (QED) is 0.907. The van der Waals surface area contributed by atoms with Gasteiger partial charge in [-0.1, -0.05) is 54.8 Å². The predicted molar refractivity (Wildman–Crippen MR) is 83.2 cm³/mol. The lowest BCUT2D eigenvalue weighted by Crippen LogP contribution is -2.35. The van der Waals surface area contributed by atoms with E-state index >= 15 is 0 Å². The van der Waals surface area contributed by atoms with E-state index in [9.17, 15) is 9.90 Å². The van der Waals surface area contributed by atoms with Gasteiger partial charge in [0.05, 0.1) is 12.0 Å². The summed E-state index contributed by atoms with van der Waals surface area (Å²) in [7, 11) is 0. The van der Waals surface area contributed by atoms with Crippen LogP contribution in [0.2, 0.25) is 0 Å². The molecule has 0 bridgehead atoms. The van der Waals surface area contributed by atoms with Gasteiger partial charge in [-0.15, -0.1) is 0 Å². The van der Waals surface area contributed by atoms with Gasteiger partial charge >= 0.3 is 0 Å². The van der Waals surface area contributed by atoms with Gasteiger partial charge in [-0.2, -0.15) is 0 Å². The van der Waals surface area contributed by atoms with E-state index in [1.807, 2.05) is 30.3 Å². The van der Waals surface area contributed by atoms with Crippen molar-refractivity contribution in [2.24, 2.45) is 0 Å². The monoisotopic (exact) mass is 300 g/mol. The molecule has 5 heteroatoms. The Hall–Kier alpha value is -2.14. The van der Waals surface area contributed by atoms with Gasteiger partial charge in [0.15, 0.2) is 11.6 Å². The van der Waals surface area contributed by atoms with Crippen molar-refractivity contribution in [1.82, 2.24) is 5.16 Å². The number of rotatable bonds is 4. The number of aromatic nitrogens is 1. The summed E-state index contributed by atoms with van der Waals surface area (Å²) >= 11 is 0. The lowest BCUT2D eigenvalue weighted by atomic mass is 9.82. The van der Waals surface area contributed by atoms with Crippen LogP contribution < -0.4 is 5.32 Å². The molecule has 116 valence electrons. The Kier molecular flexibility index (Phi) is 4.24. The Bertz CT molecular complexity index is 630. The summed E-state index contributed by atoms with van der Waals surface area (Å²) in [4.78, 5) is 12.1. The highest BCUT2D eigenvalue weighted by Gasteiger charge is 2.31. The second kappa shape index (κ2) is 6.32. The van der Waals surface area contributed by atoms with E-state index in [1.165, 1.54) is 0 Å². The lowest BCUT2D eigenvalue weighted by molar-refractivity contribution is -0.122. The zero-order chi connectivity index (χ0) is 15.4. The Morgan fingerprint density at radius 1 is 1.23 bits per heavy atom. The third-order valence-electron chi connectivity index (χ3n) is 4.11. The van der Waals surface area contributed by atoms with Crippen LogP contribution in [0.4, 0.5) is 5.82 Å². The first kappa shape index (κ1) is 14.8. The third kappa shape index (κ3) is 3.54. The molecule has 2 aromatic rings. The summed E-state index contributed by atoms with van der Waals surface area (Å²) in [5, 5.41) is 17.0. The van der Waals surface area contributed by atoms with Crippen LogP contribution in [0.15, 0.2) is 40.9 Å². The zero-order valence-corrected chi connectivity index (χ0v) is 12.4. The highest BCUT2D eigenvalue weighted by Crippen LogP contribution is 2.31. The molecule has 1 aliphatic carbocycles. The fourth-order valence-electron chi connectivity index (χ4n) is 2.95. The van der Waals surface area contributed by atoms with Crippen molar-refractivity contribution in [1.29, 1.82) is 0 Å². The van der Waals surface area contributed by atoms with Crippen molar-refractivity contribution >= 4 is 11.7 Å². The molecule has 0 aliphatic heterocycles. The van der Waals surface area contributed by atoms with Crippen LogP contribution in [0.3, 0.4) is 0 Å². The summed E-state index contributed by atoms with van der Waals surface area (Å²) in [6.45, 7) is 0. The highest BCUT2D eigenvalue weighted by atomic mass is 16.5. The normalized spacial score (nSPS) is 17.1. The molecule has 0 unspecified atom stereocenters. The number of carbonyl (C=O) groups is 1. The van der Waals surface area contributed by atoms with Gasteiger partial charge in [0.1, 0.15) is 0 Å². The van der Waals surface area contributed by atoms with Crippen LogP contribution in [0.1, 0.15) is 38.5 Å². The molecule has 0 atom stereocenters. The Labute approximate surface area is 129 Å². The van der Waals surface area contributed by atoms with E-state index in [0.29, 0.717) is 24.4 Å². The number of hydrogen-bond acceptors (Lipinski definition) is 4. The fraction of sp³-hybridized carbons (Fsp3) is 0.412. The maximum absolute atomic E-state index is 12.1. The molecule has 1 aromatic carbocycles. The lowest BCUT2D eigenvalue weighted by Gasteiger charge is -2.31. The van der Waals surface area contributed by atoms with E-state index in [-0.39, 0.29) is 12.3 Å². The van der Waals surface area contributed by atoms with E-state index in [2.05, 4.69) is 10.5 Å². The summed E-state index contributed by atoms with van der Waals surface area (Å²) in [5.74, 6) is 0.757. The van der Waals surface area contributed by atoms with Gasteiger partial charge in [0.25, 0.3) is 0 Å². The summed E-state index contributed by atoms with van der Waals surface area (Å²) in [5.41, 5.74) is 0.0373. The first-order chi connectivity index (χ1) is 10.6. The molecule has 0 radical (unpaired) electrons. The second-order valence-electron chi connectivity index (χ2n) is 5.95. The molecule has 2 N–H and O–H groups in total. The molecule has 1 aromatic heterocycles. The summed E-state index contributed by atoms with van der Waals surface area (Å²) in [6, 6.07) is 11.3. The van der Waals surface area contributed by atoms with Crippen molar-refractivity contribution in [2.45, 2.75) is 44.1 Å². The van der Waals surface area contributed by atoms with E-state index in [4.69, 9.17) is 4.52 Å². The van der Waals surface area contributed by atoms with E-state index in [0.717, 1.165) is 24.8 Å². The molecule has 0 spiro atoms. The third-order valence-corrected chi connectivity index (χ3v) is 4.11. The van der Waals surface area contributed by atoms with Crippen molar-refractivity contribution in [2.75, 3.05) is 5.32 Å². The van der Waals surface area contributed by atoms with E-state index in [1.54, 1.807) is 6.07 Å². The van der Waals surface area contributed by atoms with Crippen LogP contribution in [-0.4, -0.2) is 21.8 Å². The Morgan fingerprint density at radius 2 is 1.95 bits per heavy atom. The molecule has 1 heterocycles. The zero-order valence-electron chi connectivity index (χ0n) is 12.4. The second-order valence-corrected chi connectivity index (χ2v) is 5.95. The molecular weight excluding hydrogens is 280 g/mol. The molecule has 22 heavy (non-hydrogen) atoms. The maximum Gasteiger partial charge on any atom is 0.228 e. The number of nitrogens with one attached hydrogen (secondary N) is 1. The summed E-state index contributed by atoms with van der Waals surface area (Å²) in [6.07, 6.45) is 4.58. The van der Waals surface area contributed by atoms with Gasteiger partial charge in [-0.25, -0.2) is 0 Å². The predicted octanol–water partition coefficient (Wildman–Crippen LogP) is 3.37. The number of aliphatic hydroxyl groups is 1. The standard InChI is InChI=1S/C17H20N2O3/c20-16(12-17(21)9-5-2-6-10-17)18-15-11-14(22-19-15)13-7-3-1-4-8-13/h1,3-4,7-8,11,21H,2,5-6,9-10,12H2,(H,18,19,20). The molecular formula is C17H20N2O3. The highest BCUT2D eigenvalue weighted by molar-refractivity contribution is 5.90. The molecule has 5 nitrogen and oxygen atoms in total. The minimum Gasteiger partial charge on any atom is -0.389 e. The van der Waals surface area contributed by atoms with Crippen molar-refractivity contribution in [3.05, 3.63) is 36.4 Å². The van der Waals surface area contributed by atoms with Crippen LogP contribution in [-0.2, 0) is 4.79 Å². The molecule has 1 aliphatic rings. The Morgan fingerprint density at radius 3 is 2.68 bits per heavy atom. The fourth-order valence-corrected chi connectivity index (χ4v) is 2.95. The molecule has 0 saturated heterocycles. The Balaban J connectivity index is 1.61. The van der Waals surface area contributed by atoms with Crippen LogP contribution in [0.25, 0.3) is 11.3 Å². The SMILES string of the molecule is O=C(CC1(O)CCCCC1)Nc1cc(-c2ccccc2)on1. The van der Waals surface area contributed by atoms with Crippen LogP contribution in [0.5, 0.6) is 0 Å². The number of benzene rings is 1. The van der Waals surface area contributed by atoms with Gasteiger partial charge < -0.3 is 14.9 Å². The number of amides is 1. The maximum atomic E-state index is 12.1. The van der Waals surface area contributed by atoms with Crippen molar-refractivity contribution in [3.8, 4) is 11.3 Å². The smallest absolute Gasteiger partial charge is 0.228 e. The first-order valence-electron chi connectivity index (χ1n) is 7.69. The van der Waals surface area contributed by atoms with E-state index < -0.39 is 5.60 Å². The van der Waals surface area contributed by atoms with Gasteiger partial charge in [-0.3, -0.25) is 4.79 Å². The largest absolute Gasteiger partial charge is 0.389 e. The van der Waals surface area contributed by atoms with Crippen LogP contribution in [0, 0.1) is 0 Å². The van der Waals surface area contributed by atoms with Gasteiger partial charge in [0.2, 0.25) is 5.91 Å². The number of carbonyl (C=O) groups excluding carboxylic acids is 1. The molecule has 1 amide bonds. The van der Waals surface area contributed by atoms with Crippen molar-refractivity contribution < 1.29 is 14.4 Å². The molecule has 1 saturated carbocycles. The van der Waals surface area contributed by atoms with Gasteiger partial charge in [-0.05, 0) is 12.8 Å².